The maximum atomic E-state index is 13.2. The van der Waals surface area contributed by atoms with Crippen LogP contribution in [0.3, 0.4) is 0 Å². The van der Waals surface area contributed by atoms with Crippen LogP contribution in [0.5, 0.6) is 0 Å². The Labute approximate surface area is 132 Å². The van der Waals surface area contributed by atoms with Gasteiger partial charge in [-0.3, -0.25) is 4.90 Å². The largest absolute Gasteiger partial charge is 0.408 e. The van der Waals surface area contributed by atoms with Gasteiger partial charge in [-0.25, -0.2) is 4.98 Å². The predicted octanol–water partition coefficient (Wildman–Crippen LogP) is 3.09. The molecule has 1 aliphatic heterocycles. The third-order valence-corrected chi connectivity index (χ3v) is 3.12. The van der Waals surface area contributed by atoms with Crippen molar-refractivity contribution >= 4 is 36.4 Å². The molecular formula is C11H15Cl3F3N3. The molecule has 1 fully saturated rings. The molecule has 0 amide bonds. The molecule has 1 aromatic rings. The van der Waals surface area contributed by atoms with Gasteiger partial charge in [0.15, 0.2) is 0 Å². The Kier molecular flexibility index (Phi) is 8.13. The second-order valence-electron chi connectivity index (χ2n) is 4.14. The standard InChI is InChI=1S/C11H13ClF3N3.2ClH/c12-9-2-1-8(7-17-9)10(11(13,14)15)18-5-3-16-4-6-18;;/h1-2,7,10,16H,3-6H2;2*1H/t10-;;/m1../s1. The van der Waals surface area contributed by atoms with Crippen molar-refractivity contribution in [3.05, 3.63) is 29.0 Å². The number of alkyl halides is 3. The molecule has 20 heavy (non-hydrogen) atoms. The zero-order chi connectivity index (χ0) is 13.2. The zero-order valence-corrected chi connectivity index (χ0v) is 12.7. The minimum Gasteiger partial charge on any atom is -0.314 e. The van der Waals surface area contributed by atoms with Crippen molar-refractivity contribution in [2.75, 3.05) is 26.2 Å². The molecule has 0 aliphatic carbocycles. The van der Waals surface area contributed by atoms with Gasteiger partial charge in [-0.1, -0.05) is 17.7 Å². The summed E-state index contributed by atoms with van der Waals surface area (Å²) in [4.78, 5) is 5.15. The van der Waals surface area contributed by atoms with Crippen LogP contribution in [0.15, 0.2) is 18.3 Å². The molecular weight excluding hydrogens is 337 g/mol. The van der Waals surface area contributed by atoms with Crippen molar-refractivity contribution in [2.45, 2.75) is 12.2 Å². The highest BCUT2D eigenvalue weighted by molar-refractivity contribution is 6.29. The van der Waals surface area contributed by atoms with Gasteiger partial charge in [-0.05, 0) is 11.6 Å². The van der Waals surface area contributed by atoms with Gasteiger partial charge >= 0.3 is 6.18 Å². The van der Waals surface area contributed by atoms with Gasteiger partial charge in [-0.15, -0.1) is 24.8 Å². The number of hydrogen-bond donors (Lipinski definition) is 1. The highest BCUT2D eigenvalue weighted by Crippen LogP contribution is 2.37. The van der Waals surface area contributed by atoms with Crippen LogP contribution in [0.1, 0.15) is 11.6 Å². The summed E-state index contributed by atoms with van der Waals surface area (Å²) in [5, 5.41) is 3.23. The lowest BCUT2D eigenvalue weighted by atomic mass is 10.1. The number of nitrogens with zero attached hydrogens (tertiary/aromatic N) is 2. The van der Waals surface area contributed by atoms with Crippen LogP contribution in [0.25, 0.3) is 0 Å². The van der Waals surface area contributed by atoms with E-state index in [1.165, 1.54) is 23.2 Å². The van der Waals surface area contributed by atoms with Gasteiger partial charge in [-0.2, -0.15) is 13.2 Å². The van der Waals surface area contributed by atoms with Gasteiger partial charge in [0.1, 0.15) is 11.2 Å². The van der Waals surface area contributed by atoms with E-state index >= 15 is 0 Å². The SMILES string of the molecule is Cl.Cl.FC(F)(F)[C@@H](c1ccc(Cl)nc1)N1CCNCC1. The van der Waals surface area contributed by atoms with Crippen molar-refractivity contribution in [3.8, 4) is 0 Å². The van der Waals surface area contributed by atoms with E-state index in [0.717, 1.165) is 0 Å². The van der Waals surface area contributed by atoms with Crippen molar-refractivity contribution in [2.24, 2.45) is 0 Å². The summed E-state index contributed by atoms with van der Waals surface area (Å²) in [5.74, 6) is 0. The Bertz CT molecular complexity index is 394. The van der Waals surface area contributed by atoms with Crippen LogP contribution >= 0.6 is 36.4 Å². The van der Waals surface area contributed by atoms with Gasteiger partial charge in [0.2, 0.25) is 0 Å². The van der Waals surface area contributed by atoms with E-state index in [0.29, 0.717) is 26.2 Å². The lowest BCUT2D eigenvalue weighted by Crippen LogP contribution is -2.49. The van der Waals surface area contributed by atoms with Gasteiger partial charge in [0.25, 0.3) is 0 Å². The lowest BCUT2D eigenvalue weighted by Gasteiger charge is -2.35. The van der Waals surface area contributed by atoms with Crippen LogP contribution in [-0.2, 0) is 0 Å². The molecule has 1 saturated heterocycles. The molecule has 3 nitrogen and oxygen atoms in total. The molecule has 9 heteroatoms. The number of rotatable bonds is 2. The molecule has 116 valence electrons. The normalized spacial score (nSPS) is 17.8. The molecule has 1 atom stereocenters. The lowest BCUT2D eigenvalue weighted by molar-refractivity contribution is -0.188. The van der Waals surface area contributed by atoms with Crippen molar-refractivity contribution in [1.29, 1.82) is 0 Å². The third kappa shape index (κ3) is 4.93. The van der Waals surface area contributed by atoms with Crippen molar-refractivity contribution in [1.82, 2.24) is 15.2 Å². The summed E-state index contributed by atoms with van der Waals surface area (Å²) < 4.78 is 39.5. The van der Waals surface area contributed by atoms with E-state index in [2.05, 4.69) is 10.3 Å². The van der Waals surface area contributed by atoms with Crippen LogP contribution in [-0.4, -0.2) is 42.2 Å². The second-order valence-corrected chi connectivity index (χ2v) is 4.53. The van der Waals surface area contributed by atoms with E-state index in [9.17, 15) is 13.2 Å². The third-order valence-electron chi connectivity index (χ3n) is 2.89. The molecule has 0 spiro atoms. The van der Waals surface area contributed by atoms with Crippen LogP contribution in [0, 0.1) is 0 Å². The van der Waals surface area contributed by atoms with Crippen molar-refractivity contribution < 1.29 is 13.2 Å². The summed E-state index contributed by atoms with van der Waals surface area (Å²) in [7, 11) is 0. The van der Waals surface area contributed by atoms with E-state index in [1.807, 2.05) is 0 Å². The minimum absolute atomic E-state index is 0. The Hall–Kier alpha value is -0.270. The van der Waals surface area contributed by atoms with Crippen LogP contribution in [0.4, 0.5) is 13.2 Å². The molecule has 1 N–H and O–H groups in total. The number of hydrogen-bond acceptors (Lipinski definition) is 3. The Morgan fingerprint density at radius 1 is 1.20 bits per heavy atom. The fraction of sp³-hybridized carbons (Fsp3) is 0.545. The Balaban J connectivity index is 0.00000180. The summed E-state index contributed by atoms with van der Waals surface area (Å²) in [5.41, 5.74) is 0.133. The maximum absolute atomic E-state index is 13.2. The molecule has 0 saturated carbocycles. The molecule has 0 unspecified atom stereocenters. The molecule has 1 aromatic heterocycles. The van der Waals surface area contributed by atoms with E-state index < -0.39 is 12.2 Å². The van der Waals surface area contributed by atoms with Gasteiger partial charge in [0, 0.05) is 32.4 Å². The van der Waals surface area contributed by atoms with Gasteiger partial charge < -0.3 is 5.32 Å². The number of nitrogens with one attached hydrogen (secondary N) is 1. The van der Waals surface area contributed by atoms with Crippen LogP contribution < -0.4 is 5.32 Å². The highest BCUT2D eigenvalue weighted by Gasteiger charge is 2.44. The van der Waals surface area contributed by atoms with Gasteiger partial charge in [0.05, 0.1) is 0 Å². The highest BCUT2D eigenvalue weighted by atomic mass is 35.5. The average molecular weight is 353 g/mol. The van der Waals surface area contributed by atoms with E-state index in [1.54, 1.807) is 0 Å². The molecule has 2 rings (SSSR count). The number of aromatic nitrogens is 1. The quantitative estimate of drug-likeness (QED) is 0.829. The first-order chi connectivity index (χ1) is 8.48. The fourth-order valence-electron chi connectivity index (χ4n) is 2.10. The number of piperazine rings is 1. The monoisotopic (exact) mass is 351 g/mol. The summed E-state index contributed by atoms with van der Waals surface area (Å²) in [6.07, 6.45) is -3.12. The summed E-state index contributed by atoms with van der Waals surface area (Å²) in [6.45, 7) is 1.86. The molecule has 0 bridgehead atoms. The van der Waals surface area contributed by atoms with E-state index in [4.69, 9.17) is 11.6 Å². The molecule has 2 heterocycles. The summed E-state index contributed by atoms with van der Waals surface area (Å²) in [6, 6.07) is 1.16. The maximum Gasteiger partial charge on any atom is 0.408 e. The van der Waals surface area contributed by atoms with E-state index in [-0.39, 0.29) is 35.5 Å². The van der Waals surface area contributed by atoms with Crippen molar-refractivity contribution in [3.63, 3.8) is 0 Å². The topological polar surface area (TPSA) is 28.2 Å². The minimum atomic E-state index is -4.31. The zero-order valence-electron chi connectivity index (χ0n) is 10.4. The Morgan fingerprint density at radius 2 is 1.80 bits per heavy atom. The second kappa shape index (κ2) is 8.24. The first kappa shape index (κ1) is 19.7. The number of halogens is 6. The first-order valence-electron chi connectivity index (χ1n) is 5.61. The molecule has 1 aliphatic rings. The predicted molar refractivity (Wildman–Crippen MR) is 77.0 cm³/mol. The average Bonchev–Trinajstić information content (AvgIpc) is 2.32. The molecule has 0 aromatic carbocycles. The van der Waals surface area contributed by atoms with Crippen LogP contribution in [0.2, 0.25) is 5.15 Å². The molecule has 0 radical (unpaired) electrons. The smallest absolute Gasteiger partial charge is 0.314 e. The first-order valence-corrected chi connectivity index (χ1v) is 5.99. The Morgan fingerprint density at radius 3 is 2.25 bits per heavy atom. The fourth-order valence-corrected chi connectivity index (χ4v) is 2.21. The summed E-state index contributed by atoms with van der Waals surface area (Å²) >= 11 is 5.60. The number of pyridine rings is 1.